The molecule has 1 aliphatic heterocycles. The summed E-state index contributed by atoms with van der Waals surface area (Å²) in [4.78, 5) is 63.0. The highest BCUT2D eigenvalue weighted by Gasteiger charge is 2.66. The molecule has 4 rings (SSSR count). The molecule has 0 aromatic rings. The highest BCUT2D eigenvalue weighted by atomic mass is 16.6. The summed E-state index contributed by atoms with van der Waals surface area (Å²) in [5.41, 5.74) is -1.44. The van der Waals surface area contributed by atoms with E-state index >= 15 is 0 Å². The maximum atomic E-state index is 13.1. The molecule has 1 heterocycles. The molecule has 0 aromatic heterocycles. The quantitative estimate of drug-likeness (QED) is 0.374. The largest absolute Gasteiger partial charge is 0.469 e. The Morgan fingerprint density at radius 1 is 1.10 bits per heavy atom. The number of aliphatic hydroxyl groups excluding tert-OH is 1. The molecule has 1 fully saturated rings. The maximum absolute atomic E-state index is 13.1. The van der Waals surface area contributed by atoms with Crippen molar-refractivity contribution in [2.75, 3.05) is 7.11 Å². The Balaban J connectivity index is 1.94. The minimum atomic E-state index is -1.47. The van der Waals surface area contributed by atoms with Crippen molar-refractivity contribution in [1.82, 2.24) is 0 Å². The standard InChI is InChI=1S/C31H38O10/c1-15-19-9-10-20(18-13-24(36)41-28(18)37)31(19,7)27(40-17(3)33)26(39-16(2)32)25(15)30(6)12-11-22(34)29(4,5)21(30)14-23(35)38-8/h9,11-13,20-21,25-28,37H,1,10,14H2,2-8H3/t20-,21-,25+,26+,27-,28?,30-,31+/m0/s1. The fourth-order valence-electron chi connectivity index (χ4n) is 7.77. The normalized spacial score (nSPS) is 37.5. The third-order valence-corrected chi connectivity index (χ3v) is 9.72. The number of ether oxygens (including phenoxy) is 4. The Labute approximate surface area is 239 Å². The van der Waals surface area contributed by atoms with Crippen LogP contribution in [0, 0.1) is 34.0 Å². The van der Waals surface area contributed by atoms with Crippen molar-refractivity contribution in [3.05, 3.63) is 47.6 Å². The van der Waals surface area contributed by atoms with Crippen LogP contribution in [-0.2, 0) is 42.9 Å². The molecule has 8 atom stereocenters. The van der Waals surface area contributed by atoms with E-state index in [2.05, 4.69) is 6.58 Å². The number of cyclic esters (lactones) is 1. The van der Waals surface area contributed by atoms with Crippen molar-refractivity contribution in [1.29, 1.82) is 0 Å². The van der Waals surface area contributed by atoms with Crippen molar-refractivity contribution in [3.8, 4) is 0 Å². The van der Waals surface area contributed by atoms with Gasteiger partial charge in [0.05, 0.1) is 13.5 Å². The molecule has 10 heteroatoms. The summed E-state index contributed by atoms with van der Waals surface area (Å²) in [6, 6.07) is 0. The zero-order valence-electron chi connectivity index (χ0n) is 24.5. The van der Waals surface area contributed by atoms with Gasteiger partial charge in [-0.3, -0.25) is 19.2 Å². The second-order valence-corrected chi connectivity index (χ2v) is 12.3. The molecule has 3 aliphatic carbocycles. The highest BCUT2D eigenvalue weighted by Crippen LogP contribution is 2.65. The number of fused-ring (bicyclic) bond motifs is 1. The number of hydrogen-bond acceptors (Lipinski definition) is 10. The van der Waals surface area contributed by atoms with Crippen LogP contribution in [0.3, 0.4) is 0 Å². The summed E-state index contributed by atoms with van der Waals surface area (Å²) in [7, 11) is 1.28. The van der Waals surface area contributed by atoms with Crippen LogP contribution < -0.4 is 0 Å². The minimum Gasteiger partial charge on any atom is -0.469 e. The van der Waals surface area contributed by atoms with E-state index < -0.39 is 76.4 Å². The Morgan fingerprint density at radius 3 is 2.27 bits per heavy atom. The number of hydrogen-bond donors (Lipinski definition) is 1. The van der Waals surface area contributed by atoms with Gasteiger partial charge in [0, 0.05) is 53.6 Å². The summed E-state index contributed by atoms with van der Waals surface area (Å²) in [5, 5.41) is 10.6. The predicted octanol–water partition coefficient (Wildman–Crippen LogP) is 3.14. The van der Waals surface area contributed by atoms with Gasteiger partial charge in [-0.2, -0.15) is 0 Å². The molecule has 1 saturated carbocycles. The van der Waals surface area contributed by atoms with Gasteiger partial charge in [0.15, 0.2) is 5.78 Å². The number of carbonyl (C=O) groups is 5. The van der Waals surface area contributed by atoms with Crippen molar-refractivity contribution >= 4 is 29.7 Å². The molecule has 10 nitrogen and oxygen atoms in total. The molecular formula is C31H38O10. The predicted molar refractivity (Wildman–Crippen MR) is 144 cm³/mol. The van der Waals surface area contributed by atoms with Crippen LogP contribution in [0.25, 0.3) is 0 Å². The van der Waals surface area contributed by atoms with E-state index in [4.69, 9.17) is 18.9 Å². The van der Waals surface area contributed by atoms with Crippen molar-refractivity contribution in [2.24, 2.45) is 34.0 Å². The van der Waals surface area contributed by atoms with Gasteiger partial charge in [-0.05, 0) is 29.6 Å². The average Bonchev–Trinajstić information content (AvgIpc) is 3.39. The van der Waals surface area contributed by atoms with Gasteiger partial charge < -0.3 is 24.1 Å². The Hall–Kier alpha value is -3.53. The van der Waals surface area contributed by atoms with Crippen LogP contribution in [0.4, 0.5) is 0 Å². The molecule has 0 amide bonds. The van der Waals surface area contributed by atoms with Gasteiger partial charge in [-0.1, -0.05) is 46.4 Å². The van der Waals surface area contributed by atoms with E-state index in [1.165, 1.54) is 33.1 Å². The van der Waals surface area contributed by atoms with E-state index in [9.17, 15) is 29.1 Å². The SMILES string of the molecule is C=C1C2=CC[C@@H](C3=CC(=O)OC3O)[C@]2(C)[C@@H](OC(C)=O)[C@H](OC(C)=O)[C@@H]1[C@@]1(C)C=CC(=O)C(C)(C)[C@@H]1CC(=O)OC. The van der Waals surface area contributed by atoms with E-state index in [1.807, 2.05) is 19.9 Å². The molecule has 0 spiro atoms. The van der Waals surface area contributed by atoms with E-state index in [0.717, 1.165) is 5.57 Å². The van der Waals surface area contributed by atoms with Gasteiger partial charge in [-0.15, -0.1) is 0 Å². The smallest absolute Gasteiger partial charge is 0.333 e. The van der Waals surface area contributed by atoms with E-state index in [-0.39, 0.29) is 12.2 Å². The zero-order chi connectivity index (χ0) is 30.7. The van der Waals surface area contributed by atoms with E-state index in [1.54, 1.807) is 19.9 Å². The van der Waals surface area contributed by atoms with Crippen molar-refractivity contribution in [2.45, 2.75) is 72.9 Å². The monoisotopic (exact) mass is 570 g/mol. The van der Waals surface area contributed by atoms with Crippen LogP contribution in [0.5, 0.6) is 0 Å². The van der Waals surface area contributed by atoms with Gasteiger partial charge in [0.1, 0.15) is 12.2 Å². The number of ketones is 1. The number of rotatable bonds is 6. The number of esters is 4. The van der Waals surface area contributed by atoms with Gasteiger partial charge in [-0.25, -0.2) is 4.79 Å². The lowest BCUT2D eigenvalue weighted by atomic mass is 9.47. The first-order valence-electron chi connectivity index (χ1n) is 13.6. The van der Waals surface area contributed by atoms with Crippen LogP contribution in [0.15, 0.2) is 47.6 Å². The van der Waals surface area contributed by atoms with Crippen LogP contribution in [0.2, 0.25) is 0 Å². The molecular weight excluding hydrogens is 532 g/mol. The minimum absolute atomic E-state index is 0.0949. The topological polar surface area (TPSA) is 142 Å². The molecule has 41 heavy (non-hydrogen) atoms. The molecule has 0 aromatic carbocycles. The van der Waals surface area contributed by atoms with Crippen LogP contribution in [-0.4, -0.2) is 60.4 Å². The first-order chi connectivity index (χ1) is 19.0. The number of allylic oxidation sites excluding steroid dienone is 3. The second-order valence-electron chi connectivity index (χ2n) is 12.3. The lowest BCUT2D eigenvalue weighted by molar-refractivity contribution is -0.192. The maximum Gasteiger partial charge on any atom is 0.333 e. The fourth-order valence-corrected chi connectivity index (χ4v) is 7.77. The molecule has 0 saturated heterocycles. The van der Waals surface area contributed by atoms with Crippen molar-refractivity contribution in [3.63, 3.8) is 0 Å². The van der Waals surface area contributed by atoms with Gasteiger partial charge >= 0.3 is 23.9 Å². The Kier molecular flexibility index (Phi) is 7.71. The first kappa shape index (κ1) is 30.4. The van der Waals surface area contributed by atoms with E-state index in [0.29, 0.717) is 17.6 Å². The zero-order valence-corrected chi connectivity index (χ0v) is 24.5. The summed E-state index contributed by atoms with van der Waals surface area (Å²) in [5.74, 6) is -4.48. The average molecular weight is 571 g/mol. The van der Waals surface area contributed by atoms with Crippen LogP contribution in [0.1, 0.15) is 54.4 Å². The third-order valence-electron chi connectivity index (χ3n) is 9.72. The number of carbonyl (C=O) groups excluding carboxylic acids is 5. The van der Waals surface area contributed by atoms with Crippen LogP contribution >= 0.6 is 0 Å². The summed E-state index contributed by atoms with van der Waals surface area (Å²) in [6.45, 7) is 14.2. The Bertz CT molecular complexity index is 1300. The molecule has 0 radical (unpaired) electrons. The highest BCUT2D eigenvalue weighted by molar-refractivity contribution is 5.96. The molecule has 4 aliphatic rings. The number of aliphatic hydroxyl groups is 1. The molecule has 222 valence electrons. The third kappa shape index (κ3) is 4.75. The lowest BCUT2D eigenvalue weighted by Crippen LogP contribution is -2.62. The summed E-state index contributed by atoms with van der Waals surface area (Å²) in [6.07, 6.45) is 3.01. The molecule has 1 N–H and O–H groups in total. The van der Waals surface area contributed by atoms with Crippen molar-refractivity contribution < 1.29 is 48.0 Å². The lowest BCUT2D eigenvalue weighted by Gasteiger charge is -2.58. The summed E-state index contributed by atoms with van der Waals surface area (Å²) < 4.78 is 21.9. The van der Waals surface area contributed by atoms with Gasteiger partial charge in [0.25, 0.3) is 0 Å². The molecule has 1 unspecified atom stereocenters. The van der Waals surface area contributed by atoms with Gasteiger partial charge in [0.2, 0.25) is 6.29 Å². The number of methoxy groups -OCH3 is 1. The molecule has 0 bridgehead atoms. The summed E-state index contributed by atoms with van der Waals surface area (Å²) >= 11 is 0. The first-order valence-corrected chi connectivity index (χ1v) is 13.6. The second kappa shape index (κ2) is 10.4. The fraction of sp³-hybridized carbons (Fsp3) is 0.581. The Morgan fingerprint density at radius 2 is 1.73 bits per heavy atom.